The number of fused-ring (bicyclic) bond motifs is 1. The zero-order valence-electron chi connectivity index (χ0n) is 32.1. The molecule has 0 radical (unpaired) electrons. The highest BCUT2D eigenvalue weighted by atomic mass is 19.4. The number of urea groups is 1. The van der Waals surface area contributed by atoms with E-state index >= 15 is 0 Å². The van der Waals surface area contributed by atoms with Crippen LogP contribution in [0.2, 0.25) is 0 Å². The van der Waals surface area contributed by atoms with Gasteiger partial charge in [0.05, 0.1) is 13.2 Å². The molecule has 304 valence electrons. The Hall–Kier alpha value is -5.37. The first-order valence-electron chi connectivity index (χ1n) is 18.5. The van der Waals surface area contributed by atoms with Crippen molar-refractivity contribution in [2.75, 3.05) is 13.2 Å². The molecule has 4 aromatic carbocycles. The van der Waals surface area contributed by atoms with Crippen molar-refractivity contribution < 1.29 is 55.3 Å². The summed E-state index contributed by atoms with van der Waals surface area (Å²) in [5.74, 6) is -0.545. The molecule has 14 heteroatoms. The third kappa shape index (κ3) is 8.65. The summed E-state index contributed by atoms with van der Waals surface area (Å²) in [5.41, 5.74) is -4.40. The molecule has 2 atom stereocenters. The maximum absolute atomic E-state index is 13.7. The van der Waals surface area contributed by atoms with Crippen LogP contribution in [0.3, 0.4) is 0 Å². The number of imide groups is 1. The minimum Gasteiger partial charge on any atom is -0.493 e. The van der Waals surface area contributed by atoms with Gasteiger partial charge in [-0.05, 0) is 97.3 Å². The van der Waals surface area contributed by atoms with Gasteiger partial charge in [-0.2, -0.15) is 26.3 Å². The normalized spacial score (nSPS) is 17.3. The molecule has 8 nitrogen and oxygen atoms in total. The molecule has 2 N–H and O–H groups in total. The Labute approximate surface area is 326 Å². The Balaban J connectivity index is 0.000000799. The van der Waals surface area contributed by atoms with Crippen LogP contribution in [-0.2, 0) is 28.8 Å². The van der Waals surface area contributed by atoms with Gasteiger partial charge in [0.2, 0.25) is 0 Å². The number of nitrogens with one attached hydrogen (secondary N) is 1. The molecule has 0 bridgehead atoms. The van der Waals surface area contributed by atoms with Crippen LogP contribution in [0.4, 0.5) is 31.1 Å². The molecule has 4 aromatic rings. The molecule has 1 saturated heterocycles. The third-order valence-electron chi connectivity index (χ3n) is 10.3. The Morgan fingerprint density at radius 1 is 0.947 bits per heavy atom. The van der Waals surface area contributed by atoms with Crippen LogP contribution in [0.15, 0.2) is 84.9 Å². The third-order valence-corrected chi connectivity index (χ3v) is 10.3. The summed E-state index contributed by atoms with van der Waals surface area (Å²) in [5, 5.41) is 12.6. The van der Waals surface area contributed by atoms with E-state index in [1.54, 1.807) is 32.0 Å². The van der Waals surface area contributed by atoms with Gasteiger partial charge in [0.1, 0.15) is 22.8 Å². The molecule has 0 aliphatic carbocycles. The minimum absolute atomic E-state index is 0.000304. The smallest absolute Gasteiger partial charge is 0.430 e. The molecule has 2 aliphatic rings. The first-order chi connectivity index (χ1) is 26.7. The molecule has 2 unspecified atom stereocenters. The lowest BCUT2D eigenvalue weighted by Crippen LogP contribution is -2.53. The van der Waals surface area contributed by atoms with Crippen molar-refractivity contribution in [2.45, 2.75) is 89.7 Å². The topological polar surface area (TPSA) is 105 Å². The number of carbonyl (C=O) groups excluding carboxylic acids is 3. The Kier molecular flexibility index (Phi) is 12.5. The van der Waals surface area contributed by atoms with Crippen LogP contribution in [-0.4, -0.2) is 53.2 Å². The maximum atomic E-state index is 13.7. The molecule has 1 fully saturated rings. The highest BCUT2D eigenvalue weighted by molar-refractivity contribution is 6.11. The number of nitrogens with zero attached hydrogens (tertiary/aromatic N) is 1. The second-order valence-electron chi connectivity index (χ2n) is 14.4. The number of aryl methyl sites for hydroxylation is 2. The van der Waals surface area contributed by atoms with Crippen molar-refractivity contribution in [1.82, 2.24) is 10.2 Å². The van der Waals surface area contributed by atoms with Crippen LogP contribution in [0.25, 0.3) is 0 Å². The van der Waals surface area contributed by atoms with Gasteiger partial charge in [-0.1, -0.05) is 75.2 Å². The Morgan fingerprint density at radius 2 is 1.63 bits per heavy atom. The Bertz CT molecular complexity index is 2110. The van der Waals surface area contributed by atoms with E-state index in [9.17, 15) is 45.8 Å². The van der Waals surface area contributed by atoms with Crippen molar-refractivity contribution in [3.8, 4) is 17.2 Å². The first kappa shape index (κ1) is 42.8. The highest BCUT2D eigenvalue weighted by Crippen LogP contribution is 2.51. The van der Waals surface area contributed by atoms with Gasteiger partial charge in [0, 0.05) is 17.5 Å². The number of benzene rings is 4. The zero-order valence-corrected chi connectivity index (χ0v) is 32.1. The number of aliphatic hydroxyl groups is 1. The van der Waals surface area contributed by atoms with Crippen LogP contribution < -0.4 is 14.8 Å². The van der Waals surface area contributed by atoms with E-state index < -0.39 is 53.3 Å². The molecule has 2 heterocycles. The largest absolute Gasteiger partial charge is 0.493 e. The van der Waals surface area contributed by atoms with Gasteiger partial charge < -0.3 is 19.9 Å². The molecule has 6 rings (SSSR count). The number of amides is 3. The first-order valence-corrected chi connectivity index (χ1v) is 18.5. The van der Waals surface area contributed by atoms with Crippen LogP contribution in [0.5, 0.6) is 17.2 Å². The number of halogens is 6. The molecule has 0 spiro atoms. The standard InChI is InChI=1S/C36H36F6N2O6.C7H8/c1-5-7-21-17-24(34(48,35(37,38)39)36(40,41)42)9-13-30(21)50-25-10-11-26(27(18-25)20(3)6-2)28(45)19-44-31(46)33(4,43-32(44)47)23-8-12-29-22(16-23)14-15-49-29;1-7-5-3-2-4-6-7/h8-13,16-18,20,48H,5-7,14-15,19H2,1-4H3,(H,43,47);2-6H,1H3. The van der Waals surface area contributed by atoms with Gasteiger partial charge >= 0.3 is 18.4 Å². The maximum Gasteiger partial charge on any atom is 0.430 e. The number of alkyl halides is 6. The summed E-state index contributed by atoms with van der Waals surface area (Å²) < 4.78 is 92.9. The lowest BCUT2D eigenvalue weighted by atomic mass is 9.89. The van der Waals surface area contributed by atoms with Crippen molar-refractivity contribution in [2.24, 2.45) is 0 Å². The summed E-state index contributed by atoms with van der Waals surface area (Å²) in [6, 6.07) is 21.2. The van der Waals surface area contributed by atoms with E-state index in [4.69, 9.17) is 9.47 Å². The van der Waals surface area contributed by atoms with E-state index in [2.05, 4.69) is 24.4 Å². The van der Waals surface area contributed by atoms with E-state index in [0.717, 1.165) is 16.5 Å². The minimum atomic E-state index is -6.04. The quantitative estimate of drug-likeness (QED) is 0.0890. The highest BCUT2D eigenvalue weighted by Gasteiger charge is 2.71. The van der Waals surface area contributed by atoms with Gasteiger partial charge in [-0.25, -0.2) is 4.79 Å². The molecule has 0 saturated carbocycles. The van der Waals surface area contributed by atoms with Crippen LogP contribution >= 0.6 is 0 Å². The molecular formula is C43H44F6N2O6. The summed E-state index contributed by atoms with van der Waals surface area (Å²) in [6.07, 6.45) is -10.5. The number of Topliss-reactive ketones (excluding diaryl/α,β-unsaturated/α-hetero) is 1. The SMILES string of the molecule is CCCc1cc(C(O)(C(F)(F)F)C(F)(F)F)ccc1Oc1ccc(C(=O)CN2C(=O)NC(C)(c3ccc4c(c3)CCO4)C2=O)c(C(C)CC)c1.Cc1ccccc1. The van der Waals surface area contributed by atoms with Crippen LogP contribution in [0.1, 0.15) is 90.2 Å². The monoisotopic (exact) mass is 798 g/mol. The zero-order chi connectivity index (χ0) is 41.9. The lowest BCUT2D eigenvalue weighted by molar-refractivity contribution is -0.376. The molecule has 3 amide bonds. The number of ketones is 1. The van der Waals surface area contributed by atoms with E-state index in [1.807, 2.05) is 32.0 Å². The number of hydrogen-bond donors (Lipinski definition) is 2. The second kappa shape index (κ2) is 16.6. The van der Waals surface area contributed by atoms with E-state index in [-0.39, 0.29) is 35.0 Å². The van der Waals surface area contributed by atoms with Crippen molar-refractivity contribution in [3.05, 3.63) is 124 Å². The van der Waals surface area contributed by atoms with E-state index in [1.165, 1.54) is 23.8 Å². The average Bonchev–Trinajstić information content (AvgIpc) is 3.72. The fourth-order valence-electron chi connectivity index (χ4n) is 6.77. The summed E-state index contributed by atoms with van der Waals surface area (Å²) in [7, 11) is 0. The molecular weight excluding hydrogens is 754 g/mol. The second-order valence-corrected chi connectivity index (χ2v) is 14.4. The van der Waals surface area contributed by atoms with Gasteiger partial charge in [0.25, 0.3) is 11.5 Å². The summed E-state index contributed by atoms with van der Waals surface area (Å²) in [6.45, 7) is 8.99. The molecule has 0 aromatic heterocycles. The number of ether oxygens (including phenoxy) is 2. The lowest BCUT2D eigenvalue weighted by Gasteiger charge is -2.33. The predicted octanol–water partition coefficient (Wildman–Crippen LogP) is 9.84. The average molecular weight is 799 g/mol. The van der Waals surface area contributed by atoms with Gasteiger partial charge in [0.15, 0.2) is 5.78 Å². The van der Waals surface area contributed by atoms with Crippen LogP contribution in [0, 0.1) is 6.92 Å². The Morgan fingerprint density at radius 3 is 2.23 bits per heavy atom. The van der Waals surface area contributed by atoms with E-state index in [0.29, 0.717) is 54.9 Å². The van der Waals surface area contributed by atoms with Crippen molar-refractivity contribution >= 4 is 17.7 Å². The number of rotatable bonds is 11. The predicted molar refractivity (Wildman–Crippen MR) is 200 cm³/mol. The number of carbonyl (C=O) groups is 3. The molecule has 57 heavy (non-hydrogen) atoms. The van der Waals surface area contributed by atoms with Crippen molar-refractivity contribution in [3.63, 3.8) is 0 Å². The molecule has 2 aliphatic heterocycles. The van der Waals surface area contributed by atoms with Crippen molar-refractivity contribution in [1.29, 1.82) is 0 Å². The summed E-state index contributed by atoms with van der Waals surface area (Å²) in [4.78, 5) is 41.2. The summed E-state index contributed by atoms with van der Waals surface area (Å²) >= 11 is 0. The van der Waals surface area contributed by atoms with Gasteiger partial charge in [-0.3, -0.25) is 14.5 Å². The van der Waals surface area contributed by atoms with Gasteiger partial charge in [-0.15, -0.1) is 0 Å². The number of hydrogen-bond acceptors (Lipinski definition) is 6. The fraction of sp³-hybridized carbons (Fsp3) is 0.372. The fourth-order valence-corrected chi connectivity index (χ4v) is 6.77.